The molecule has 0 spiro atoms. The number of thioether (sulfide) groups is 1. The summed E-state index contributed by atoms with van der Waals surface area (Å²) in [6.45, 7) is 6.76. The van der Waals surface area contributed by atoms with Crippen LogP contribution in [0, 0.1) is 3.82 Å². The number of hydrogen-bond acceptors (Lipinski definition) is 8. The molecule has 0 aliphatic carbocycles. The molecule has 1 amide bonds. The number of thiazole rings is 1. The van der Waals surface area contributed by atoms with Gasteiger partial charge in [0.05, 0.1) is 38.7 Å². The van der Waals surface area contributed by atoms with Crippen LogP contribution in [-0.4, -0.2) is 23.3 Å². The van der Waals surface area contributed by atoms with Gasteiger partial charge in [-0.3, -0.25) is 4.79 Å². The number of ether oxygens (including phenoxy) is 1. The summed E-state index contributed by atoms with van der Waals surface area (Å²) >= 11 is 8.81. The van der Waals surface area contributed by atoms with Crippen molar-refractivity contribution in [3.8, 4) is 16.9 Å². The van der Waals surface area contributed by atoms with Gasteiger partial charge in [-0.1, -0.05) is 56.8 Å². The highest BCUT2D eigenvalue weighted by molar-refractivity contribution is 8.01. The van der Waals surface area contributed by atoms with Gasteiger partial charge in [0.2, 0.25) is 5.91 Å². The van der Waals surface area contributed by atoms with E-state index >= 15 is 0 Å². The molecule has 2 aromatic carbocycles. The number of carbonyl (C=O) groups is 1. The molecule has 32 heavy (non-hydrogen) atoms. The number of benzene rings is 2. The largest absolute Gasteiger partial charge is 0.494 e. The molecular weight excluding hydrogens is 497 g/mol. The van der Waals surface area contributed by atoms with Crippen LogP contribution in [0.5, 0.6) is 5.75 Å². The zero-order valence-electron chi connectivity index (χ0n) is 17.7. The standard InChI is InChI=1S/C23H20N2O2S5/c1-4-27-13-9-10-16-14(11-13)19-20(31-32-21(19)28)23(2,3)25(16)18(26)12-29-22-24-15-7-5-6-8-17(15)30-22/h5-11H,4,12H2,1-3H3. The van der Waals surface area contributed by atoms with E-state index in [-0.39, 0.29) is 5.91 Å². The van der Waals surface area contributed by atoms with E-state index in [2.05, 4.69) is 24.9 Å². The molecule has 0 radical (unpaired) electrons. The molecule has 0 unspecified atom stereocenters. The SMILES string of the molecule is CCOc1ccc2c(c1)-c1c(ssc1=S)C(C)(C)N2C(=O)CSc1nc2ccccc2s1. The summed E-state index contributed by atoms with van der Waals surface area (Å²) in [5.41, 5.74) is 3.42. The van der Waals surface area contributed by atoms with Crippen LogP contribution in [0.3, 0.4) is 0 Å². The van der Waals surface area contributed by atoms with E-state index in [1.165, 1.54) is 11.8 Å². The fourth-order valence-corrected chi connectivity index (χ4v) is 9.21. The lowest BCUT2D eigenvalue weighted by Gasteiger charge is -2.43. The number of amides is 1. The highest BCUT2D eigenvalue weighted by atomic mass is 32.9. The number of hydrogen-bond donors (Lipinski definition) is 0. The summed E-state index contributed by atoms with van der Waals surface area (Å²) in [4.78, 5) is 21.4. The van der Waals surface area contributed by atoms with Gasteiger partial charge in [-0.15, -0.1) is 11.3 Å². The molecule has 4 nitrogen and oxygen atoms in total. The Hall–Kier alpha value is -1.78. The normalized spacial score (nSPS) is 14.3. The Morgan fingerprint density at radius 2 is 2.03 bits per heavy atom. The number of fused-ring (bicyclic) bond motifs is 4. The van der Waals surface area contributed by atoms with Crippen LogP contribution in [-0.2, 0) is 10.3 Å². The zero-order valence-corrected chi connectivity index (χ0v) is 21.8. The Kier molecular flexibility index (Phi) is 5.88. The van der Waals surface area contributed by atoms with E-state index in [4.69, 9.17) is 17.0 Å². The van der Waals surface area contributed by atoms with Gasteiger partial charge in [0, 0.05) is 11.1 Å². The predicted octanol–water partition coefficient (Wildman–Crippen LogP) is 7.59. The summed E-state index contributed by atoms with van der Waals surface area (Å²) in [6.07, 6.45) is 0. The molecular formula is C23H20N2O2S5. The van der Waals surface area contributed by atoms with E-state index in [1.54, 1.807) is 32.0 Å². The molecule has 9 heteroatoms. The van der Waals surface area contributed by atoms with Gasteiger partial charge in [0.15, 0.2) is 4.34 Å². The molecule has 0 saturated heterocycles. The summed E-state index contributed by atoms with van der Waals surface area (Å²) in [6, 6.07) is 14.0. The first-order valence-electron chi connectivity index (χ1n) is 10.1. The summed E-state index contributed by atoms with van der Waals surface area (Å²) in [5.74, 6) is 1.17. The molecule has 4 aromatic rings. The molecule has 0 bridgehead atoms. The molecule has 1 aliphatic heterocycles. The molecule has 1 aliphatic rings. The van der Waals surface area contributed by atoms with Gasteiger partial charge in [0.25, 0.3) is 0 Å². The Labute approximate surface area is 207 Å². The second-order valence-electron chi connectivity index (χ2n) is 7.79. The monoisotopic (exact) mass is 516 g/mol. The maximum absolute atomic E-state index is 13.6. The molecule has 2 aromatic heterocycles. The zero-order chi connectivity index (χ0) is 22.5. The van der Waals surface area contributed by atoms with Crippen molar-refractivity contribution >= 4 is 77.8 Å². The van der Waals surface area contributed by atoms with Crippen molar-refractivity contribution in [3.05, 3.63) is 51.2 Å². The maximum Gasteiger partial charge on any atom is 0.238 e. The van der Waals surface area contributed by atoms with Gasteiger partial charge in [-0.25, -0.2) is 4.98 Å². The van der Waals surface area contributed by atoms with Gasteiger partial charge in [-0.2, -0.15) is 0 Å². The third-order valence-corrected chi connectivity index (χ3v) is 10.9. The molecule has 0 fully saturated rings. The Bertz CT molecular complexity index is 1350. The van der Waals surface area contributed by atoms with Crippen LogP contribution in [0.4, 0.5) is 5.69 Å². The minimum atomic E-state index is -0.487. The molecule has 0 atom stereocenters. The van der Waals surface area contributed by atoms with Crippen molar-refractivity contribution in [1.29, 1.82) is 0 Å². The second kappa shape index (κ2) is 8.53. The molecule has 0 N–H and O–H groups in total. The van der Waals surface area contributed by atoms with Crippen molar-refractivity contribution in [1.82, 2.24) is 4.98 Å². The fraction of sp³-hybridized carbons (Fsp3) is 0.261. The van der Waals surface area contributed by atoms with E-state index in [0.29, 0.717) is 12.4 Å². The van der Waals surface area contributed by atoms with Crippen LogP contribution in [0.25, 0.3) is 21.3 Å². The first kappa shape index (κ1) is 22.0. The van der Waals surface area contributed by atoms with Crippen LogP contribution < -0.4 is 9.64 Å². The third-order valence-electron chi connectivity index (χ3n) is 5.38. The van der Waals surface area contributed by atoms with E-state index in [9.17, 15) is 4.79 Å². The van der Waals surface area contributed by atoms with E-state index in [0.717, 1.165) is 45.8 Å². The second-order valence-corrected chi connectivity index (χ2v) is 12.9. The van der Waals surface area contributed by atoms with Gasteiger partial charge in [-0.05, 0) is 51.1 Å². The van der Waals surface area contributed by atoms with Crippen LogP contribution in [0.15, 0.2) is 46.8 Å². The Morgan fingerprint density at radius 1 is 1.22 bits per heavy atom. The Morgan fingerprint density at radius 3 is 2.81 bits per heavy atom. The van der Waals surface area contributed by atoms with Crippen LogP contribution in [0.2, 0.25) is 0 Å². The average molecular weight is 517 g/mol. The van der Waals surface area contributed by atoms with Gasteiger partial charge < -0.3 is 9.64 Å². The third kappa shape index (κ3) is 3.70. The Balaban J connectivity index is 1.51. The van der Waals surface area contributed by atoms with Crippen molar-refractivity contribution in [2.75, 3.05) is 17.3 Å². The van der Waals surface area contributed by atoms with Gasteiger partial charge in [0.1, 0.15) is 9.57 Å². The number of rotatable bonds is 5. The number of aromatic nitrogens is 1. The summed E-state index contributed by atoms with van der Waals surface area (Å²) < 4.78 is 8.65. The topological polar surface area (TPSA) is 42.4 Å². The number of carbonyl (C=O) groups excluding carboxylic acids is 1. The first-order chi connectivity index (χ1) is 15.4. The van der Waals surface area contributed by atoms with Crippen molar-refractivity contribution < 1.29 is 9.53 Å². The first-order valence-corrected chi connectivity index (χ1v) is 14.5. The summed E-state index contributed by atoms with van der Waals surface area (Å²) in [7, 11) is 3.26. The van der Waals surface area contributed by atoms with Crippen molar-refractivity contribution in [2.45, 2.75) is 30.6 Å². The molecule has 3 heterocycles. The lowest BCUT2D eigenvalue weighted by atomic mass is 9.87. The van der Waals surface area contributed by atoms with E-state index in [1.807, 2.05) is 48.2 Å². The number of anilines is 1. The molecule has 5 rings (SSSR count). The highest BCUT2D eigenvalue weighted by Gasteiger charge is 2.43. The van der Waals surface area contributed by atoms with E-state index < -0.39 is 5.54 Å². The van der Waals surface area contributed by atoms with Crippen molar-refractivity contribution in [2.24, 2.45) is 0 Å². The maximum atomic E-state index is 13.6. The quantitative estimate of drug-likeness (QED) is 0.155. The molecule has 164 valence electrons. The smallest absolute Gasteiger partial charge is 0.238 e. The lowest BCUT2D eigenvalue weighted by molar-refractivity contribution is -0.117. The predicted molar refractivity (Wildman–Crippen MR) is 140 cm³/mol. The minimum Gasteiger partial charge on any atom is -0.494 e. The van der Waals surface area contributed by atoms with Crippen molar-refractivity contribution in [3.63, 3.8) is 0 Å². The average Bonchev–Trinajstić information content (AvgIpc) is 3.36. The van der Waals surface area contributed by atoms with Crippen LogP contribution >= 0.6 is 56.0 Å². The van der Waals surface area contributed by atoms with Crippen LogP contribution in [0.1, 0.15) is 25.6 Å². The highest BCUT2D eigenvalue weighted by Crippen LogP contribution is 2.53. The minimum absolute atomic E-state index is 0.0552. The lowest BCUT2D eigenvalue weighted by Crippen LogP contribution is -2.48. The fourth-order valence-electron chi connectivity index (χ4n) is 4.01. The number of para-hydroxylation sites is 1. The molecule has 0 saturated carbocycles. The number of nitrogens with zero attached hydrogens (tertiary/aromatic N) is 2. The van der Waals surface area contributed by atoms with Gasteiger partial charge >= 0.3 is 0 Å². The summed E-state index contributed by atoms with van der Waals surface area (Å²) in [5, 5.41) is 0.